The largest absolute Gasteiger partial charge is 0.341 e. The molecule has 2 unspecified atom stereocenters. The van der Waals surface area contributed by atoms with Gasteiger partial charge >= 0.3 is 0 Å². The Balaban J connectivity index is 0.00000192. The first-order valence-electron chi connectivity index (χ1n) is 7.90. The van der Waals surface area contributed by atoms with E-state index in [0.29, 0.717) is 12.0 Å². The number of benzene rings is 1. The van der Waals surface area contributed by atoms with Gasteiger partial charge in [0.05, 0.1) is 0 Å². The van der Waals surface area contributed by atoms with Crippen molar-refractivity contribution in [2.24, 2.45) is 11.3 Å². The molecule has 0 bridgehead atoms. The molecule has 2 atom stereocenters. The van der Waals surface area contributed by atoms with E-state index in [1.165, 1.54) is 0 Å². The lowest BCUT2D eigenvalue weighted by atomic mass is 9.91. The van der Waals surface area contributed by atoms with Crippen molar-refractivity contribution < 1.29 is 9.00 Å². The van der Waals surface area contributed by atoms with Crippen LogP contribution in [0.15, 0.2) is 29.2 Å². The van der Waals surface area contributed by atoms with E-state index in [-0.39, 0.29) is 24.2 Å². The van der Waals surface area contributed by atoms with Crippen LogP contribution in [0.4, 0.5) is 0 Å². The number of piperidine rings is 1. The van der Waals surface area contributed by atoms with Gasteiger partial charge in [-0.25, -0.2) is 0 Å². The SMILES string of the molecule is CN(Cc1ccc(S(C)=O)cc1)C(=O)C1CC12CCNCC2.Cl. The van der Waals surface area contributed by atoms with Crippen LogP contribution in [0.3, 0.4) is 0 Å². The number of hydrogen-bond donors (Lipinski definition) is 1. The van der Waals surface area contributed by atoms with E-state index in [1.807, 2.05) is 36.2 Å². The summed E-state index contributed by atoms with van der Waals surface area (Å²) in [7, 11) is 0.940. The maximum Gasteiger partial charge on any atom is 0.226 e. The van der Waals surface area contributed by atoms with Gasteiger partial charge in [0.15, 0.2) is 0 Å². The van der Waals surface area contributed by atoms with Crippen molar-refractivity contribution in [3.63, 3.8) is 0 Å². The molecule has 1 saturated heterocycles. The van der Waals surface area contributed by atoms with Gasteiger partial charge in [0.2, 0.25) is 5.91 Å². The minimum absolute atomic E-state index is 0. The van der Waals surface area contributed by atoms with Crippen LogP contribution in [-0.2, 0) is 22.1 Å². The molecular weight excluding hydrogens is 332 g/mol. The number of carbonyl (C=O) groups excluding carboxylic acids is 1. The molecule has 128 valence electrons. The standard InChI is InChI=1S/C17H24N2O2S.ClH/c1-19(12-13-3-5-14(6-4-13)22(2)21)16(20)15-11-17(15)7-9-18-10-8-17;/h3-6,15,18H,7-12H2,1-2H3;1H. The highest BCUT2D eigenvalue weighted by atomic mass is 35.5. The zero-order valence-corrected chi connectivity index (χ0v) is 15.3. The van der Waals surface area contributed by atoms with E-state index in [4.69, 9.17) is 0 Å². The molecule has 3 rings (SSSR count). The summed E-state index contributed by atoms with van der Waals surface area (Å²) in [6.45, 7) is 2.71. The first-order valence-corrected chi connectivity index (χ1v) is 9.46. The molecule has 1 aliphatic carbocycles. The summed E-state index contributed by atoms with van der Waals surface area (Å²) < 4.78 is 11.4. The van der Waals surface area contributed by atoms with Crippen molar-refractivity contribution in [3.8, 4) is 0 Å². The molecule has 1 spiro atoms. The van der Waals surface area contributed by atoms with Gasteiger partial charge in [0, 0.05) is 41.5 Å². The lowest BCUT2D eigenvalue weighted by Crippen LogP contribution is -2.34. The first-order chi connectivity index (χ1) is 10.5. The third-order valence-corrected chi connectivity index (χ3v) is 6.07. The van der Waals surface area contributed by atoms with Gasteiger partial charge in [-0.15, -0.1) is 12.4 Å². The topological polar surface area (TPSA) is 49.4 Å². The van der Waals surface area contributed by atoms with Crippen LogP contribution >= 0.6 is 12.4 Å². The summed E-state index contributed by atoms with van der Waals surface area (Å²) >= 11 is 0. The molecular formula is C17H25ClN2O2S. The summed E-state index contributed by atoms with van der Waals surface area (Å²) in [5.41, 5.74) is 1.38. The Morgan fingerprint density at radius 1 is 1.30 bits per heavy atom. The first kappa shape index (κ1) is 18.4. The molecule has 1 heterocycles. The van der Waals surface area contributed by atoms with Crippen LogP contribution in [0.2, 0.25) is 0 Å². The van der Waals surface area contributed by atoms with E-state index in [1.54, 1.807) is 6.26 Å². The maximum absolute atomic E-state index is 12.6. The number of amides is 1. The number of hydrogen-bond acceptors (Lipinski definition) is 3. The van der Waals surface area contributed by atoms with Crippen LogP contribution in [0.5, 0.6) is 0 Å². The van der Waals surface area contributed by atoms with Gasteiger partial charge in [-0.3, -0.25) is 9.00 Å². The van der Waals surface area contributed by atoms with Crippen LogP contribution in [-0.4, -0.2) is 41.4 Å². The fourth-order valence-electron chi connectivity index (χ4n) is 3.58. The summed E-state index contributed by atoms with van der Waals surface area (Å²) in [6.07, 6.45) is 5.00. The quantitative estimate of drug-likeness (QED) is 0.899. The summed E-state index contributed by atoms with van der Waals surface area (Å²) in [5, 5.41) is 3.37. The van der Waals surface area contributed by atoms with Crippen molar-refractivity contribution in [3.05, 3.63) is 29.8 Å². The zero-order valence-electron chi connectivity index (χ0n) is 13.7. The second-order valence-corrected chi connectivity index (χ2v) is 8.04. The molecule has 23 heavy (non-hydrogen) atoms. The van der Waals surface area contributed by atoms with Crippen molar-refractivity contribution in [1.82, 2.24) is 10.2 Å². The molecule has 1 N–H and O–H groups in total. The van der Waals surface area contributed by atoms with Gasteiger partial charge in [-0.05, 0) is 55.5 Å². The average Bonchev–Trinajstić information content (AvgIpc) is 3.20. The zero-order chi connectivity index (χ0) is 15.7. The molecule has 1 aromatic carbocycles. The molecule has 1 aliphatic heterocycles. The third kappa shape index (κ3) is 3.95. The number of halogens is 1. The highest BCUT2D eigenvalue weighted by Gasteiger charge is 2.58. The summed E-state index contributed by atoms with van der Waals surface area (Å²) in [4.78, 5) is 15.3. The third-order valence-electron chi connectivity index (χ3n) is 5.14. The normalized spacial score (nSPS) is 23.0. The Morgan fingerprint density at radius 2 is 1.91 bits per heavy atom. The number of carbonyl (C=O) groups is 1. The molecule has 1 aromatic rings. The Kier molecular flexibility index (Phi) is 5.87. The second kappa shape index (κ2) is 7.32. The van der Waals surface area contributed by atoms with Gasteiger partial charge in [-0.2, -0.15) is 0 Å². The molecule has 2 fully saturated rings. The van der Waals surface area contributed by atoms with Crippen molar-refractivity contribution in [2.75, 3.05) is 26.4 Å². The van der Waals surface area contributed by atoms with Crippen LogP contribution in [0, 0.1) is 11.3 Å². The highest BCUT2D eigenvalue weighted by molar-refractivity contribution is 7.84. The minimum atomic E-state index is -0.950. The molecule has 4 nitrogen and oxygen atoms in total. The predicted molar refractivity (Wildman–Crippen MR) is 95.1 cm³/mol. The molecule has 2 aliphatic rings. The van der Waals surface area contributed by atoms with Crippen molar-refractivity contribution in [2.45, 2.75) is 30.7 Å². The molecule has 6 heteroatoms. The van der Waals surface area contributed by atoms with E-state index >= 15 is 0 Å². The molecule has 0 aromatic heterocycles. The fraction of sp³-hybridized carbons (Fsp3) is 0.588. The van der Waals surface area contributed by atoms with Gasteiger partial charge < -0.3 is 10.2 Å². The van der Waals surface area contributed by atoms with E-state index in [9.17, 15) is 9.00 Å². The Morgan fingerprint density at radius 3 is 2.48 bits per heavy atom. The van der Waals surface area contributed by atoms with Crippen LogP contribution in [0.1, 0.15) is 24.8 Å². The number of rotatable bonds is 4. The average molecular weight is 357 g/mol. The molecule has 1 amide bonds. The highest BCUT2D eigenvalue weighted by Crippen LogP contribution is 2.59. The van der Waals surface area contributed by atoms with E-state index in [2.05, 4.69) is 5.32 Å². The van der Waals surface area contributed by atoms with Gasteiger partial charge in [0.1, 0.15) is 0 Å². The van der Waals surface area contributed by atoms with E-state index < -0.39 is 10.8 Å². The van der Waals surface area contributed by atoms with Crippen molar-refractivity contribution >= 4 is 29.1 Å². The number of nitrogens with zero attached hydrogens (tertiary/aromatic N) is 1. The lowest BCUT2D eigenvalue weighted by molar-refractivity contribution is -0.132. The minimum Gasteiger partial charge on any atom is -0.341 e. The monoisotopic (exact) mass is 356 g/mol. The number of nitrogens with one attached hydrogen (secondary N) is 1. The Labute approximate surface area is 146 Å². The summed E-state index contributed by atoms with van der Waals surface area (Å²) in [6, 6.07) is 7.70. The fourth-order valence-corrected chi connectivity index (χ4v) is 4.10. The predicted octanol–water partition coefficient (Wildman–Crippen LogP) is 2.19. The van der Waals surface area contributed by atoms with Crippen molar-refractivity contribution in [1.29, 1.82) is 0 Å². The van der Waals surface area contributed by atoms with Gasteiger partial charge in [0.25, 0.3) is 0 Å². The Hall–Kier alpha value is -0.910. The Bertz CT molecular complexity index is 585. The molecule has 0 radical (unpaired) electrons. The lowest BCUT2D eigenvalue weighted by Gasteiger charge is -2.25. The molecule has 1 saturated carbocycles. The maximum atomic E-state index is 12.6. The van der Waals surface area contributed by atoms with E-state index in [0.717, 1.165) is 42.8 Å². The second-order valence-electron chi connectivity index (χ2n) is 6.66. The summed E-state index contributed by atoms with van der Waals surface area (Å²) in [5.74, 6) is 0.507. The van der Waals surface area contributed by atoms with Gasteiger partial charge in [-0.1, -0.05) is 12.1 Å². The van der Waals surface area contributed by atoms with Crippen LogP contribution < -0.4 is 5.32 Å². The van der Waals surface area contributed by atoms with Crippen LogP contribution in [0.25, 0.3) is 0 Å². The smallest absolute Gasteiger partial charge is 0.226 e.